The molecule has 2 aliphatic heterocycles. The first-order valence-corrected chi connectivity index (χ1v) is 6.22. The topological polar surface area (TPSA) is 29.5 Å². The minimum Gasteiger partial charge on any atom is -0.453 e. The van der Waals surface area contributed by atoms with Crippen molar-refractivity contribution in [3.05, 3.63) is 35.9 Å². The summed E-state index contributed by atoms with van der Waals surface area (Å²) in [6.45, 7) is 0. The summed E-state index contributed by atoms with van der Waals surface area (Å²) in [5.41, 5.74) is 1.36. The molecule has 3 heteroatoms. The predicted octanol–water partition coefficient (Wildman–Crippen LogP) is 2.77. The third-order valence-electron chi connectivity index (χ3n) is 4.15. The van der Waals surface area contributed by atoms with Gasteiger partial charge in [-0.2, -0.15) is 0 Å². The number of methoxy groups -OCH3 is 1. The predicted molar refractivity (Wildman–Crippen MR) is 64.9 cm³/mol. The first kappa shape index (κ1) is 10.6. The first-order chi connectivity index (χ1) is 8.31. The fourth-order valence-corrected chi connectivity index (χ4v) is 3.44. The zero-order valence-electron chi connectivity index (χ0n) is 10.0. The lowest BCUT2D eigenvalue weighted by Crippen LogP contribution is -2.35. The molecule has 1 aromatic carbocycles. The molecular weight excluding hydrogens is 214 g/mol. The van der Waals surface area contributed by atoms with Crippen LogP contribution in [0.2, 0.25) is 0 Å². The number of rotatable bonds is 1. The van der Waals surface area contributed by atoms with Gasteiger partial charge in [-0.3, -0.25) is 0 Å². The maximum absolute atomic E-state index is 11.8. The smallest absolute Gasteiger partial charge is 0.410 e. The molecule has 90 valence electrons. The van der Waals surface area contributed by atoms with Gasteiger partial charge in [-0.15, -0.1) is 0 Å². The van der Waals surface area contributed by atoms with Gasteiger partial charge in [-0.05, 0) is 24.8 Å². The van der Waals surface area contributed by atoms with Crippen LogP contribution in [0.3, 0.4) is 0 Å². The van der Waals surface area contributed by atoms with Gasteiger partial charge in [0.2, 0.25) is 0 Å². The van der Waals surface area contributed by atoms with Crippen LogP contribution in [-0.2, 0) is 4.74 Å². The summed E-state index contributed by atoms with van der Waals surface area (Å²) in [4.78, 5) is 13.7. The zero-order valence-corrected chi connectivity index (χ0v) is 10.0. The zero-order chi connectivity index (χ0) is 11.8. The second kappa shape index (κ2) is 4.06. The Morgan fingerprint density at radius 1 is 1.29 bits per heavy atom. The fourth-order valence-electron chi connectivity index (χ4n) is 3.44. The molecule has 0 saturated carbocycles. The van der Waals surface area contributed by atoms with Crippen LogP contribution in [0.1, 0.15) is 30.7 Å². The number of benzene rings is 1. The van der Waals surface area contributed by atoms with E-state index < -0.39 is 0 Å². The highest BCUT2D eigenvalue weighted by Gasteiger charge is 2.49. The number of amides is 1. The molecule has 2 saturated heterocycles. The van der Waals surface area contributed by atoms with Crippen molar-refractivity contribution in [1.82, 2.24) is 4.90 Å². The maximum Gasteiger partial charge on any atom is 0.410 e. The number of nitrogens with zero attached hydrogens (tertiary/aromatic N) is 1. The molecule has 0 aromatic heterocycles. The number of ether oxygens (including phenoxy) is 1. The Labute approximate surface area is 101 Å². The normalized spacial score (nSPS) is 30.6. The van der Waals surface area contributed by atoms with E-state index in [1.807, 2.05) is 11.0 Å². The molecule has 2 aliphatic rings. The number of hydrogen-bond acceptors (Lipinski definition) is 2. The molecule has 0 radical (unpaired) electrons. The third-order valence-corrected chi connectivity index (χ3v) is 4.15. The largest absolute Gasteiger partial charge is 0.453 e. The summed E-state index contributed by atoms with van der Waals surface area (Å²) in [7, 11) is 1.47. The summed E-state index contributed by atoms with van der Waals surface area (Å²) in [6.07, 6.45) is 3.17. The Balaban J connectivity index is 1.86. The number of fused-ring (bicyclic) bond motifs is 2. The van der Waals surface area contributed by atoms with Gasteiger partial charge in [0.15, 0.2) is 0 Å². The Morgan fingerprint density at radius 3 is 2.76 bits per heavy atom. The van der Waals surface area contributed by atoms with Gasteiger partial charge in [0, 0.05) is 18.0 Å². The summed E-state index contributed by atoms with van der Waals surface area (Å²) in [5, 5.41) is 0. The Bertz CT molecular complexity index is 417. The van der Waals surface area contributed by atoms with E-state index in [9.17, 15) is 4.79 Å². The highest BCUT2D eigenvalue weighted by Crippen LogP contribution is 2.46. The molecule has 17 heavy (non-hydrogen) atoms. The van der Waals surface area contributed by atoms with Crippen molar-refractivity contribution < 1.29 is 9.53 Å². The standard InChI is InChI=1S/C14H17NO2/c1-17-14(16)15-11-7-8-13(15)12(9-11)10-5-3-2-4-6-10/h2-6,11-13H,7-9H2,1H3/t11-,12+,13+/m1/s1. The quantitative estimate of drug-likeness (QED) is 0.743. The van der Waals surface area contributed by atoms with E-state index in [-0.39, 0.29) is 6.09 Å². The molecule has 2 heterocycles. The summed E-state index contributed by atoms with van der Waals surface area (Å²) in [5.74, 6) is 0.494. The first-order valence-electron chi connectivity index (χ1n) is 6.22. The van der Waals surface area contributed by atoms with Crippen LogP contribution in [0.25, 0.3) is 0 Å². The van der Waals surface area contributed by atoms with Crippen LogP contribution in [0, 0.1) is 0 Å². The van der Waals surface area contributed by atoms with Gasteiger partial charge in [-0.25, -0.2) is 4.79 Å². The summed E-state index contributed by atoms with van der Waals surface area (Å²) >= 11 is 0. The lowest BCUT2D eigenvalue weighted by Gasteiger charge is -2.23. The van der Waals surface area contributed by atoms with E-state index in [0.29, 0.717) is 18.0 Å². The molecule has 3 rings (SSSR count). The second-order valence-corrected chi connectivity index (χ2v) is 4.93. The molecule has 0 aliphatic carbocycles. The molecule has 2 fully saturated rings. The van der Waals surface area contributed by atoms with Crippen molar-refractivity contribution in [3.63, 3.8) is 0 Å². The summed E-state index contributed by atoms with van der Waals surface area (Å²) < 4.78 is 4.89. The highest BCUT2D eigenvalue weighted by molar-refractivity contribution is 5.69. The third kappa shape index (κ3) is 1.61. The van der Waals surface area contributed by atoms with Crippen molar-refractivity contribution >= 4 is 6.09 Å². The molecule has 0 spiro atoms. The van der Waals surface area contributed by atoms with Crippen molar-refractivity contribution in [1.29, 1.82) is 0 Å². The van der Waals surface area contributed by atoms with Gasteiger partial charge in [0.25, 0.3) is 0 Å². The molecule has 1 amide bonds. The van der Waals surface area contributed by atoms with Gasteiger partial charge in [0.05, 0.1) is 7.11 Å². The van der Waals surface area contributed by atoms with E-state index in [1.54, 1.807) is 0 Å². The molecule has 3 nitrogen and oxygen atoms in total. The lowest BCUT2D eigenvalue weighted by atomic mass is 9.84. The average molecular weight is 231 g/mol. The Morgan fingerprint density at radius 2 is 2.06 bits per heavy atom. The molecule has 3 atom stereocenters. The van der Waals surface area contributed by atoms with Crippen LogP contribution in [0.5, 0.6) is 0 Å². The minimum absolute atomic E-state index is 0.157. The van der Waals surface area contributed by atoms with Crippen LogP contribution >= 0.6 is 0 Å². The van der Waals surface area contributed by atoms with E-state index in [4.69, 9.17) is 4.74 Å². The van der Waals surface area contributed by atoms with Crippen molar-refractivity contribution in [2.45, 2.75) is 37.3 Å². The van der Waals surface area contributed by atoms with E-state index >= 15 is 0 Å². The molecule has 2 bridgehead atoms. The molecule has 0 N–H and O–H groups in total. The van der Waals surface area contributed by atoms with Gasteiger partial charge < -0.3 is 9.64 Å². The Hall–Kier alpha value is -1.51. The Kier molecular flexibility index (Phi) is 2.54. The van der Waals surface area contributed by atoms with E-state index in [1.165, 1.54) is 12.7 Å². The number of carbonyl (C=O) groups excluding carboxylic acids is 1. The SMILES string of the molecule is COC(=O)N1[C@@H]2CC[C@H]1[C@H](c1ccccc1)C2. The van der Waals surface area contributed by atoms with Crippen LogP contribution in [0.4, 0.5) is 4.79 Å². The highest BCUT2D eigenvalue weighted by atomic mass is 16.5. The van der Waals surface area contributed by atoms with Crippen molar-refractivity contribution in [3.8, 4) is 0 Å². The second-order valence-electron chi connectivity index (χ2n) is 4.93. The van der Waals surface area contributed by atoms with E-state index in [2.05, 4.69) is 24.3 Å². The van der Waals surface area contributed by atoms with Crippen LogP contribution in [-0.4, -0.2) is 30.2 Å². The van der Waals surface area contributed by atoms with Crippen LogP contribution in [0.15, 0.2) is 30.3 Å². The van der Waals surface area contributed by atoms with Crippen molar-refractivity contribution in [2.75, 3.05) is 7.11 Å². The van der Waals surface area contributed by atoms with Gasteiger partial charge >= 0.3 is 6.09 Å². The van der Waals surface area contributed by atoms with Crippen molar-refractivity contribution in [2.24, 2.45) is 0 Å². The number of carbonyl (C=O) groups is 1. The van der Waals surface area contributed by atoms with E-state index in [0.717, 1.165) is 19.3 Å². The molecule has 0 unspecified atom stereocenters. The summed E-state index contributed by atoms with van der Waals surface area (Å²) in [6, 6.07) is 11.2. The van der Waals surface area contributed by atoms with Gasteiger partial charge in [-0.1, -0.05) is 30.3 Å². The monoisotopic (exact) mass is 231 g/mol. The lowest BCUT2D eigenvalue weighted by molar-refractivity contribution is 0.116. The van der Waals surface area contributed by atoms with Crippen LogP contribution < -0.4 is 0 Å². The molecular formula is C14H17NO2. The van der Waals surface area contributed by atoms with Gasteiger partial charge in [0.1, 0.15) is 0 Å². The molecule has 1 aromatic rings. The minimum atomic E-state index is -0.157. The average Bonchev–Trinajstić information content (AvgIpc) is 2.96. The number of hydrogen-bond donors (Lipinski definition) is 0. The maximum atomic E-state index is 11.8. The fraction of sp³-hybridized carbons (Fsp3) is 0.500.